The van der Waals surface area contributed by atoms with Gasteiger partial charge in [0.2, 0.25) is 5.91 Å². The highest BCUT2D eigenvalue weighted by molar-refractivity contribution is 5.93. The van der Waals surface area contributed by atoms with Crippen molar-refractivity contribution >= 4 is 11.6 Å². The summed E-state index contributed by atoms with van der Waals surface area (Å²) in [5, 5.41) is 14.5. The monoisotopic (exact) mass is 345 g/mol. The fraction of sp³-hybridized carbons (Fsp3) is 0.278. The van der Waals surface area contributed by atoms with Crippen molar-refractivity contribution in [3.8, 4) is 0 Å². The number of rotatable bonds is 7. The fourth-order valence-corrected chi connectivity index (χ4v) is 2.67. The molecule has 0 saturated heterocycles. The zero-order valence-corrected chi connectivity index (χ0v) is 14.0. The summed E-state index contributed by atoms with van der Waals surface area (Å²) >= 11 is 0. The normalized spacial score (nSPS) is 12.2. The number of nitrogens with zero attached hydrogens (tertiary/aromatic N) is 1. The van der Waals surface area contributed by atoms with Crippen LogP contribution in [0.2, 0.25) is 0 Å². The maximum absolute atomic E-state index is 13.1. The largest absolute Gasteiger partial charge is 0.366 e. The zero-order valence-electron chi connectivity index (χ0n) is 14.0. The minimum Gasteiger partial charge on any atom is -0.366 e. The molecule has 2 aromatic rings. The van der Waals surface area contributed by atoms with Gasteiger partial charge in [0.15, 0.2) is 0 Å². The topological polar surface area (TPSA) is 98.3 Å². The average molecular weight is 345 g/mol. The summed E-state index contributed by atoms with van der Waals surface area (Å²) in [4.78, 5) is 21.9. The van der Waals surface area contributed by atoms with Gasteiger partial charge in [0.25, 0.3) is 5.69 Å². The van der Waals surface area contributed by atoms with Crippen molar-refractivity contribution < 1.29 is 14.1 Å². The Morgan fingerprint density at radius 2 is 1.88 bits per heavy atom. The summed E-state index contributed by atoms with van der Waals surface area (Å²) in [6.07, 6.45) is 0. The summed E-state index contributed by atoms with van der Waals surface area (Å²) in [5.74, 6) is -0.840. The minimum atomic E-state index is -0.714. The highest BCUT2D eigenvalue weighted by Crippen LogP contribution is 2.25. The van der Waals surface area contributed by atoms with Gasteiger partial charge in [-0.2, -0.15) is 0 Å². The first-order chi connectivity index (χ1) is 11.8. The molecule has 0 aliphatic rings. The number of carbonyl (C=O) groups excluding carboxylic acids is 1. The van der Waals surface area contributed by atoms with Gasteiger partial charge in [-0.1, -0.05) is 32.0 Å². The van der Waals surface area contributed by atoms with E-state index in [0.29, 0.717) is 5.56 Å². The lowest BCUT2D eigenvalue weighted by Crippen LogP contribution is -2.26. The number of amides is 1. The molecule has 0 aliphatic heterocycles. The minimum absolute atomic E-state index is 0.0920. The Labute approximate surface area is 145 Å². The van der Waals surface area contributed by atoms with E-state index in [1.165, 1.54) is 30.3 Å². The van der Waals surface area contributed by atoms with Crippen LogP contribution in [0.15, 0.2) is 42.5 Å². The second-order valence-electron chi connectivity index (χ2n) is 6.12. The lowest BCUT2D eigenvalue weighted by molar-refractivity contribution is -0.385. The van der Waals surface area contributed by atoms with Crippen molar-refractivity contribution in [3.63, 3.8) is 0 Å². The number of nitrogens with two attached hydrogens (primary N) is 1. The Morgan fingerprint density at radius 3 is 2.40 bits per heavy atom. The van der Waals surface area contributed by atoms with Crippen LogP contribution in [0.25, 0.3) is 0 Å². The maximum Gasteiger partial charge on any atom is 0.274 e. The Kier molecular flexibility index (Phi) is 5.82. The molecular formula is C18H20FN3O3. The van der Waals surface area contributed by atoms with Crippen molar-refractivity contribution in [1.82, 2.24) is 5.32 Å². The predicted molar refractivity (Wildman–Crippen MR) is 92.4 cm³/mol. The third-order valence-corrected chi connectivity index (χ3v) is 3.97. The number of benzene rings is 2. The predicted octanol–water partition coefficient (Wildman–Crippen LogP) is 3.32. The van der Waals surface area contributed by atoms with Crippen molar-refractivity contribution in [2.45, 2.75) is 26.4 Å². The molecule has 2 rings (SSSR count). The van der Waals surface area contributed by atoms with Crippen molar-refractivity contribution in [2.24, 2.45) is 11.7 Å². The Balaban J connectivity index is 2.24. The third kappa shape index (κ3) is 4.60. The van der Waals surface area contributed by atoms with Gasteiger partial charge in [0.05, 0.1) is 4.92 Å². The summed E-state index contributed by atoms with van der Waals surface area (Å²) in [5.41, 5.74) is 6.45. The number of hydrogen-bond acceptors (Lipinski definition) is 4. The van der Waals surface area contributed by atoms with Crippen LogP contribution in [0, 0.1) is 21.8 Å². The van der Waals surface area contributed by atoms with E-state index >= 15 is 0 Å². The van der Waals surface area contributed by atoms with Gasteiger partial charge >= 0.3 is 0 Å². The van der Waals surface area contributed by atoms with Gasteiger partial charge in [0.1, 0.15) is 5.82 Å². The molecule has 1 unspecified atom stereocenters. The van der Waals surface area contributed by atoms with Crippen molar-refractivity contribution in [2.75, 3.05) is 0 Å². The van der Waals surface area contributed by atoms with Crippen LogP contribution in [-0.4, -0.2) is 10.8 Å². The molecule has 0 fully saturated rings. The third-order valence-electron chi connectivity index (χ3n) is 3.97. The standard InChI is InChI=1S/C18H20FN3O3/c1-11(2)17(12-5-7-15(19)8-6-12)21-10-14-4-3-13(18(20)23)9-16(14)22(24)25/h3-9,11,17,21H,10H2,1-2H3,(H2,20,23). The molecule has 3 N–H and O–H groups in total. The first-order valence-corrected chi connectivity index (χ1v) is 7.85. The Hall–Kier alpha value is -2.80. The van der Waals surface area contributed by atoms with E-state index in [2.05, 4.69) is 5.32 Å². The van der Waals surface area contributed by atoms with E-state index in [1.54, 1.807) is 12.1 Å². The van der Waals surface area contributed by atoms with Gasteiger partial charge in [-0.15, -0.1) is 0 Å². The molecular weight excluding hydrogens is 325 g/mol. The quantitative estimate of drug-likeness (QED) is 0.594. The second kappa shape index (κ2) is 7.85. The lowest BCUT2D eigenvalue weighted by Gasteiger charge is -2.23. The molecule has 0 spiro atoms. The molecule has 0 radical (unpaired) electrons. The maximum atomic E-state index is 13.1. The molecule has 0 aliphatic carbocycles. The summed E-state index contributed by atoms with van der Waals surface area (Å²) in [7, 11) is 0. The molecule has 132 valence electrons. The number of nitro groups is 1. The highest BCUT2D eigenvalue weighted by atomic mass is 19.1. The molecule has 1 amide bonds. The molecule has 0 heterocycles. The summed E-state index contributed by atoms with van der Waals surface area (Å²) in [6.45, 7) is 4.24. The van der Waals surface area contributed by atoms with Crippen LogP contribution in [-0.2, 0) is 6.54 Å². The van der Waals surface area contributed by atoms with Crippen molar-refractivity contribution in [3.05, 3.63) is 75.1 Å². The van der Waals surface area contributed by atoms with E-state index in [0.717, 1.165) is 5.56 Å². The van der Waals surface area contributed by atoms with Crippen LogP contribution < -0.4 is 11.1 Å². The first-order valence-electron chi connectivity index (χ1n) is 7.85. The van der Waals surface area contributed by atoms with E-state index in [1.807, 2.05) is 13.8 Å². The molecule has 6 nitrogen and oxygen atoms in total. The highest BCUT2D eigenvalue weighted by Gasteiger charge is 2.20. The number of hydrogen-bond donors (Lipinski definition) is 2. The molecule has 0 bridgehead atoms. The Morgan fingerprint density at radius 1 is 1.24 bits per heavy atom. The first kappa shape index (κ1) is 18.5. The Bertz CT molecular complexity index is 776. The van der Waals surface area contributed by atoms with Crippen LogP contribution in [0.4, 0.5) is 10.1 Å². The van der Waals surface area contributed by atoms with Gasteiger partial charge in [-0.05, 0) is 29.7 Å². The molecule has 7 heteroatoms. The fourth-order valence-electron chi connectivity index (χ4n) is 2.67. The lowest BCUT2D eigenvalue weighted by atomic mass is 9.95. The number of halogens is 1. The SMILES string of the molecule is CC(C)C(NCc1ccc(C(N)=O)cc1[N+](=O)[O-])c1ccc(F)cc1. The van der Waals surface area contributed by atoms with Crippen LogP contribution in [0.5, 0.6) is 0 Å². The van der Waals surface area contributed by atoms with Gasteiger partial charge in [-0.3, -0.25) is 14.9 Å². The van der Waals surface area contributed by atoms with Gasteiger partial charge < -0.3 is 11.1 Å². The number of nitro benzene ring substituents is 1. The number of primary amides is 1. The van der Waals surface area contributed by atoms with E-state index in [9.17, 15) is 19.3 Å². The molecule has 0 aromatic heterocycles. The summed E-state index contributed by atoms with van der Waals surface area (Å²) < 4.78 is 13.1. The molecule has 25 heavy (non-hydrogen) atoms. The molecule has 2 aromatic carbocycles. The van der Waals surface area contributed by atoms with Crippen LogP contribution >= 0.6 is 0 Å². The average Bonchev–Trinajstić information content (AvgIpc) is 2.56. The van der Waals surface area contributed by atoms with E-state index in [4.69, 9.17) is 5.73 Å². The van der Waals surface area contributed by atoms with Gasteiger partial charge in [-0.25, -0.2) is 4.39 Å². The summed E-state index contributed by atoms with van der Waals surface area (Å²) in [6, 6.07) is 10.2. The smallest absolute Gasteiger partial charge is 0.274 e. The van der Waals surface area contributed by atoms with E-state index in [-0.39, 0.29) is 35.6 Å². The van der Waals surface area contributed by atoms with Gasteiger partial charge in [0, 0.05) is 29.8 Å². The second-order valence-corrected chi connectivity index (χ2v) is 6.12. The van der Waals surface area contributed by atoms with Crippen LogP contribution in [0.3, 0.4) is 0 Å². The number of carbonyl (C=O) groups is 1. The van der Waals surface area contributed by atoms with Crippen LogP contribution in [0.1, 0.15) is 41.4 Å². The number of nitrogens with one attached hydrogen (secondary N) is 1. The molecule has 1 atom stereocenters. The zero-order chi connectivity index (χ0) is 18.6. The van der Waals surface area contributed by atoms with Crippen molar-refractivity contribution in [1.29, 1.82) is 0 Å². The van der Waals surface area contributed by atoms with E-state index < -0.39 is 10.8 Å². The molecule has 0 saturated carbocycles.